The molecule has 0 aromatic rings. The molecule has 102 valence electrons. The third-order valence-corrected chi connectivity index (χ3v) is 3.55. The molecule has 17 heavy (non-hydrogen) atoms. The van der Waals surface area contributed by atoms with Crippen LogP contribution in [0.2, 0.25) is 0 Å². The molecule has 1 aliphatic rings. The molecule has 3 nitrogen and oxygen atoms in total. The van der Waals surface area contributed by atoms with E-state index in [1.807, 2.05) is 0 Å². The van der Waals surface area contributed by atoms with Crippen molar-refractivity contribution in [2.45, 2.75) is 52.2 Å². The lowest BCUT2D eigenvalue weighted by molar-refractivity contribution is -0.0572. The fourth-order valence-corrected chi connectivity index (χ4v) is 2.23. The van der Waals surface area contributed by atoms with Crippen molar-refractivity contribution in [1.29, 1.82) is 0 Å². The van der Waals surface area contributed by atoms with Crippen LogP contribution in [-0.2, 0) is 4.74 Å². The van der Waals surface area contributed by atoms with Crippen molar-refractivity contribution in [2.75, 3.05) is 33.2 Å². The van der Waals surface area contributed by atoms with Gasteiger partial charge >= 0.3 is 0 Å². The van der Waals surface area contributed by atoms with Crippen LogP contribution < -0.4 is 5.32 Å². The molecule has 1 N–H and O–H groups in total. The predicted molar refractivity (Wildman–Crippen MR) is 73.4 cm³/mol. The zero-order valence-electron chi connectivity index (χ0n) is 12.0. The van der Waals surface area contributed by atoms with E-state index in [9.17, 15) is 0 Å². The Hall–Kier alpha value is -0.120. The molecular weight excluding hydrogens is 212 g/mol. The van der Waals surface area contributed by atoms with Crippen molar-refractivity contribution < 1.29 is 4.74 Å². The summed E-state index contributed by atoms with van der Waals surface area (Å²) in [4.78, 5) is 2.39. The molecule has 0 aliphatic carbocycles. The van der Waals surface area contributed by atoms with Crippen molar-refractivity contribution in [1.82, 2.24) is 10.2 Å². The molecule has 1 fully saturated rings. The highest BCUT2D eigenvalue weighted by Crippen LogP contribution is 2.17. The van der Waals surface area contributed by atoms with Crippen LogP contribution in [0.25, 0.3) is 0 Å². The number of nitrogens with zero attached hydrogens (tertiary/aromatic N) is 1. The standard InChI is InChI=1S/C14H30N2O/c1-5-8-15-11-14(12(2)3)17-13-6-9-16(4)10-7-13/h12-15H,5-11H2,1-4H3. The molecule has 0 bridgehead atoms. The van der Waals surface area contributed by atoms with Crippen LogP contribution in [0, 0.1) is 5.92 Å². The summed E-state index contributed by atoms with van der Waals surface area (Å²) in [7, 11) is 2.19. The van der Waals surface area contributed by atoms with Gasteiger partial charge in [-0.1, -0.05) is 20.8 Å². The molecule has 1 saturated heterocycles. The summed E-state index contributed by atoms with van der Waals surface area (Å²) in [6.07, 6.45) is 4.41. The third-order valence-electron chi connectivity index (χ3n) is 3.55. The van der Waals surface area contributed by atoms with Crippen molar-refractivity contribution in [3.05, 3.63) is 0 Å². The maximum absolute atomic E-state index is 6.26. The summed E-state index contributed by atoms with van der Waals surface area (Å²) in [5.74, 6) is 0.596. The number of likely N-dealkylation sites (tertiary alicyclic amines) is 1. The van der Waals surface area contributed by atoms with E-state index in [-0.39, 0.29) is 0 Å². The smallest absolute Gasteiger partial charge is 0.0726 e. The van der Waals surface area contributed by atoms with Crippen molar-refractivity contribution in [3.8, 4) is 0 Å². The molecule has 0 amide bonds. The second kappa shape index (κ2) is 8.06. The molecule has 3 heteroatoms. The minimum atomic E-state index is 0.370. The van der Waals surface area contributed by atoms with Crippen LogP contribution in [-0.4, -0.2) is 50.3 Å². The van der Waals surface area contributed by atoms with Gasteiger partial charge in [0.05, 0.1) is 12.2 Å². The van der Waals surface area contributed by atoms with Crippen molar-refractivity contribution >= 4 is 0 Å². The van der Waals surface area contributed by atoms with Gasteiger partial charge in [0.1, 0.15) is 0 Å². The highest BCUT2D eigenvalue weighted by atomic mass is 16.5. The second-order valence-electron chi connectivity index (χ2n) is 5.63. The minimum absolute atomic E-state index is 0.370. The Morgan fingerprint density at radius 3 is 2.47 bits per heavy atom. The molecule has 0 aromatic heterocycles. The lowest BCUT2D eigenvalue weighted by atomic mass is 10.0. The Labute approximate surface area is 107 Å². The molecule has 0 spiro atoms. The lowest BCUT2D eigenvalue weighted by Crippen LogP contribution is -2.40. The van der Waals surface area contributed by atoms with Gasteiger partial charge in [0.25, 0.3) is 0 Å². The van der Waals surface area contributed by atoms with Crippen LogP contribution in [0.4, 0.5) is 0 Å². The first-order valence-corrected chi connectivity index (χ1v) is 7.18. The van der Waals surface area contributed by atoms with Gasteiger partial charge in [-0.25, -0.2) is 0 Å². The molecule has 0 aromatic carbocycles. The van der Waals surface area contributed by atoms with E-state index >= 15 is 0 Å². The van der Waals surface area contributed by atoms with E-state index < -0.39 is 0 Å². The van der Waals surface area contributed by atoms with Gasteiger partial charge in [-0.2, -0.15) is 0 Å². The highest BCUT2D eigenvalue weighted by Gasteiger charge is 2.22. The van der Waals surface area contributed by atoms with E-state index in [2.05, 4.69) is 38.0 Å². The largest absolute Gasteiger partial charge is 0.373 e. The number of ether oxygens (including phenoxy) is 1. The van der Waals surface area contributed by atoms with E-state index in [1.54, 1.807) is 0 Å². The van der Waals surface area contributed by atoms with Gasteiger partial charge < -0.3 is 15.0 Å². The average Bonchev–Trinajstić information content (AvgIpc) is 2.30. The molecule has 1 aliphatic heterocycles. The van der Waals surface area contributed by atoms with Crippen molar-refractivity contribution in [3.63, 3.8) is 0 Å². The van der Waals surface area contributed by atoms with Gasteiger partial charge in [0.2, 0.25) is 0 Å². The Morgan fingerprint density at radius 2 is 1.94 bits per heavy atom. The predicted octanol–water partition coefficient (Wildman–Crippen LogP) is 2.12. The fourth-order valence-electron chi connectivity index (χ4n) is 2.23. The number of rotatable bonds is 7. The van der Waals surface area contributed by atoms with Crippen LogP contribution in [0.1, 0.15) is 40.0 Å². The first kappa shape index (κ1) is 14.9. The van der Waals surface area contributed by atoms with E-state index in [4.69, 9.17) is 4.74 Å². The SMILES string of the molecule is CCCNCC(OC1CCN(C)CC1)C(C)C. The van der Waals surface area contributed by atoms with Crippen LogP contribution in [0.3, 0.4) is 0 Å². The Bertz CT molecular complexity index is 189. The fraction of sp³-hybridized carbons (Fsp3) is 1.00. The minimum Gasteiger partial charge on any atom is -0.373 e. The quantitative estimate of drug-likeness (QED) is 0.692. The van der Waals surface area contributed by atoms with Crippen LogP contribution in [0.15, 0.2) is 0 Å². The number of hydrogen-bond acceptors (Lipinski definition) is 3. The maximum atomic E-state index is 6.26. The first-order chi connectivity index (χ1) is 8.13. The Morgan fingerprint density at radius 1 is 1.29 bits per heavy atom. The number of piperidine rings is 1. The first-order valence-electron chi connectivity index (χ1n) is 7.18. The number of nitrogens with one attached hydrogen (secondary N) is 1. The van der Waals surface area contributed by atoms with Crippen molar-refractivity contribution in [2.24, 2.45) is 5.92 Å². The molecule has 0 radical (unpaired) electrons. The second-order valence-corrected chi connectivity index (χ2v) is 5.63. The molecule has 1 unspecified atom stereocenters. The molecule has 1 rings (SSSR count). The lowest BCUT2D eigenvalue weighted by Gasteiger charge is -2.33. The molecule has 0 saturated carbocycles. The average molecular weight is 242 g/mol. The summed E-state index contributed by atoms with van der Waals surface area (Å²) >= 11 is 0. The normalized spacial score (nSPS) is 21.0. The summed E-state index contributed by atoms with van der Waals surface area (Å²) in [6, 6.07) is 0. The molecular formula is C14H30N2O. The summed E-state index contributed by atoms with van der Waals surface area (Å²) in [6.45, 7) is 11.2. The van der Waals surface area contributed by atoms with Crippen LogP contribution in [0.5, 0.6) is 0 Å². The highest BCUT2D eigenvalue weighted by molar-refractivity contribution is 4.74. The Kier molecular flexibility index (Phi) is 7.09. The summed E-state index contributed by atoms with van der Waals surface area (Å²) in [5, 5.41) is 3.48. The number of hydrogen-bond donors (Lipinski definition) is 1. The maximum Gasteiger partial charge on any atom is 0.0726 e. The zero-order valence-corrected chi connectivity index (χ0v) is 12.0. The summed E-state index contributed by atoms with van der Waals surface area (Å²) in [5.41, 5.74) is 0. The van der Waals surface area contributed by atoms with Crippen LogP contribution >= 0.6 is 0 Å². The zero-order chi connectivity index (χ0) is 12.7. The van der Waals surface area contributed by atoms with E-state index in [1.165, 1.54) is 32.4 Å². The monoisotopic (exact) mass is 242 g/mol. The molecule has 1 heterocycles. The summed E-state index contributed by atoms with van der Waals surface area (Å²) < 4.78 is 6.26. The van der Waals surface area contributed by atoms with Gasteiger partial charge in [-0.3, -0.25) is 0 Å². The van der Waals surface area contributed by atoms with Gasteiger partial charge in [-0.15, -0.1) is 0 Å². The van der Waals surface area contributed by atoms with Gasteiger partial charge in [0, 0.05) is 19.6 Å². The van der Waals surface area contributed by atoms with E-state index in [0.717, 1.165) is 13.1 Å². The third kappa shape index (κ3) is 5.84. The Balaban J connectivity index is 2.28. The topological polar surface area (TPSA) is 24.5 Å². The molecule has 1 atom stereocenters. The van der Waals surface area contributed by atoms with Gasteiger partial charge in [-0.05, 0) is 38.8 Å². The van der Waals surface area contributed by atoms with E-state index in [0.29, 0.717) is 18.1 Å². The van der Waals surface area contributed by atoms with Gasteiger partial charge in [0.15, 0.2) is 0 Å².